The summed E-state index contributed by atoms with van der Waals surface area (Å²) < 4.78 is 5.37. The van der Waals surface area contributed by atoms with Crippen molar-refractivity contribution in [1.29, 1.82) is 5.26 Å². The number of hydrogen-bond acceptors (Lipinski definition) is 5. The summed E-state index contributed by atoms with van der Waals surface area (Å²) in [6, 6.07) is 3.01. The van der Waals surface area contributed by atoms with E-state index in [-0.39, 0.29) is 24.2 Å². The number of hydrogen-bond donors (Lipinski definition) is 1. The van der Waals surface area contributed by atoms with E-state index < -0.39 is 5.54 Å². The van der Waals surface area contributed by atoms with Gasteiger partial charge in [0, 0.05) is 44.6 Å². The molecule has 0 aromatic carbocycles. The predicted octanol–water partition coefficient (Wildman–Crippen LogP) is 2.85. The molecule has 0 radical (unpaired) electrons. The van der Waals surface area contributed by atoms with Crippen LogP contribution in [0.1, 0.15) is 77.0 Å². The van der Waals surface area contributed by atoms with Gasteiger partial charge in [0.05, 0.1) is 19.3 Å². The van der Waals surface area contributed by atoms with Gasteiger partial charge in [0.2, 0.25) is 11.8 Å². The second-order valence-corrected chi connectivity index (χ2v) is 10.5. The second kappa shape index (κ2) is 11.0. The number of ether oxygens (including phenoxy) is 1. The van der Waals surface area contributed by atoms with Crippen molar-refractivity contribution in [1.82, 2.24) is 15.1 Å². The second-order valence-electron chi connectivity index (χ2n) is 10.5. The van der Waals surface area contributed by atoms with Crippen LogP contribution < -0.4 is 5.32 Å². The molecular formula is C25H40N4O3. The lowest BCUT2D eigenvalue weighted by Gasteiger charge is -2.33. The van der Waals surface area contributed by atoms with E-state index in [1.54, 1.807) is 0 Å². The van der Waals surface area contributed by atoms with Crippen molar-refractivity contribution in [3.8, 4) is 6.07 Å². The number of morpholine rings is 1. The molecule has 0 aromatic heterocycles. The molecule has 2 atom stereocenters. The van der Waals surface area contributed by atoms with Crippen LogP contribution in [-0.4, -0.2) is 72.6 Å². The zero-order valence-corrected chi connectivity index (χ0v) is 19.5. The van der Waals surface area contributed by atoms with Gasteiger partial charge in [-0.05, 0) is 31.6 Å². The summed E-state index contributed by atoms with van der Waals surface area (Å²) in [5.74, 6) is 0.129. The summed E-state index contributed by atoms with van der Waals surface area (Å²) in [6.45, 7) is 3.84. The lowest BCUT2D eigenvalue weighted by molar-refractivity contribution is -0.140. The molecular weight excluding hydrogens is 404 g/mol. The Morgan fingerprint density at radius 2 is 1.72 bits per heavy atom. The minimum atomic E-state index is -0.815. The molecule has 2 saturated carbocycles. The molecule has 2 aliphatic heterocycles. The predicted molar refractivity (Wildman–Crippen MR) is 122 cm³/mol. The summed E-state index contributed by atoms with van der Waals surface area (Å²) in [7, 11) is 0. The molecule has 2 amide bonds. The minimum Gasteiger partial charge on any atom is -0.378 e. The van der Waals surface area contributed by atoms with Gasteiger partial charge in [-0.3, -0.25) is 14.5 Å². The zero-order valence-electron chi connectivity index (χ0n) is 19.5. The highest BCUT2D eigenvalue weighted by molar-refractivity contribution is 5.86. The van der Waals surface area contributed by atoms with Crippen LogP contribution in [-0.2, 0) is 14.3 Å². The van der Waals surface area contributed by atoms with Crippen molar-refractivity contribution >= 4 is 11.8 Å². The Labute approximate surface area is 192 Å². The van der Waals surface area contributed by atoms with Crippen LogP contribution in [0.5, 0.6) is 0 Å². The Hall–Kier alpha value is -1.65. The lowest BCUT2D eigenvalue weighted by Crippen LogP contribution is -2.53. The van der Waals surface area contributed by atoms with Crippen molar-refractivity contribution in [3.05, 3.63) is 0 Å². The standard InChI is InChI=1S/C25H40N4O3/c26-18-25(10-11-29(19-25)22-8-2-1-3-9-22)27-24(31)21(16-20-6-4-5-7-20)17-23(30)28-12-14-32-15-13-28/h20-22H,1-17,19H2,(H,27,31). The maximum absolute atomic E-state index is 13.5. The molecule has 4 rings (SSSR count). The molecule has 2 heterocycles. The molecule has 0 spiro atoms. The Balaban J connectivity index is 1.39. The molecule has 7 nitrogen and oxygen atoms in total. The molecule has 4 fully saturated rings. The van der Waals surface area contributed by atoms with E-state index in [1.165, 1.54) is 44.9 Å². The molecule has 1 N–H and O–H groups in total. The first-order chi connectivity index (χ1) is 15.6. The average molecular weight is 445 g/mol. The Kier molecular flexibility index (Phi) is 8.07. The monoisotopic (exact) mass is 444 g/mol. The number of likely N-dealkylation sites (tertiary alicyclic amines) is 1. The van der Waals surface area contributed by atoms with Crippen LogP contribution >= 0.6 is 0 Å². The number of carbonyl (C=O) groups is 2. The molecule has 2 unspecified atom stereocenters. The van der Waals surface area contributed by atoms with Gasteiger partial charge in [0.15, 0.2) is 0 Å². The normalized spacial score (nSPS) is 29.0. The fourth-order valence-corrected chi connectivity index (χ4v) is 6.24. The summed E-state index contributed by atoms with van der Waals surface area (Å²) in [5, 5.41) is 13.2. The first kappa shape index (κ1) is 23.5. The summed E-state index contributed by atoms with van der Waals surface area (Å²) in [4.78, 5) is 30.7. The van der Waals surface area contributed by atoms with E-state index >= 15 is 0 Å². The zero-order chi connectivity index (χ0) is 22.4. The van der Waals surface area contributed by atoms with Gasteiger partial charge in [-0.1, -0.05) is 44.9 Å². The molecule has 4 aliphatic rings. The van der Waals surface area contributed by atoms with Crippen molar-refractivity contribution in [2.45, 2.75) is 88.6 Å². The van der Waals surface area contributed by atoms with Crippen molar-refractivity contribution in [3.63, 3.8) is 0 Å². The van der Waals surface area contributed by atoms with E-state index in [4.69, 9.17) is 4.74 Å². The number of nitrogens with zero attached hydrogens (tertiary/aromatic N) is 3. The van der Waals surface area contributed by atoms with Gasteiger partial charge in [0.25, 0.3) is 0 Å². The highest BCUT2D eigenvalue weighted by atomic mass is 16.5. The fourth-order valence-electron chi connectivity index (χ4n) is 6.24. The number of nitriles is 1. The van der Waals surface area contributed by atoms with Crippen LogP contribution in [0.15, 0.2) is 0 Å². The van der Waals surface area contributed by atoms with E-state index in [0.29, 0.717) is 51.2 Å². The minimum absolute atomic E-state index is 0.0488. The van der Waals surface area contributed by atoms with E-state index in [1.807, 2.05) is 4.90 Å². The molecule has 0 aromatic rings. The summed E-state index contributed by atoms with van der Waals surface area (Å²) in [6.07, 6.45) is 12.7. The van der Waals surface area contributed by atoms with Gasteiger partial charge in [-0.25, -0.2) is 0 Å². The van der Waals surface area contributed by atoms with Crippen molar-refractivity contribution < 1.29 is 14.3 Å². The van der Waals surface area contributed by atoms with Gasteiger partial charge in [-0.2, -0.15) is 5.26 Å². The highest BCUT2D eigenvalue weighted by Crippen LogP contribution is 2.33. The first-order valence-corrected chi connectivity index (χ1v) is 12.9. The number of nitrogens with one attached hydrogen (secondary N) is 1. The maximum atomic E-state index is 13.5. The largest absolute Gasteiger partial charge is 0.378 e. The Morgan fingerprint density at radius 1 is 1.03 bits per heavy atom. The summed E-state index contributed by atoms with van der Waals surface area (Å²) in [5.41, 5.74) is -0.815. The SMILES string of the molecule is N#CC1(NC(=O)C(CC(=O)N2CCOCC2)CC2CCCC2)CCN(C2CCCCC2)C1. The van der Waals surface area contributed by atoms with Crippen LogP contribution in [0.2, 0.25) is 0 Å². The van der Waals surface area contributed by atoms with Crippen LogP contribution in [0.4, 0.5) is 0 Å². The van der Waals surface area contributed by atoms with E-state index in [9.17, 15) is 14.9 Å². The molecule has 178 valence electrons. The Bertz CT molecular complexity index is 690. The smallest absolute Gasteiger partial charge is 0.224 e. The highest BCUT2D eigenvalue weighted by Gasteiger charge is 2.43. The van der Waals surface area contributed by atoms with Crippen molar-refractivity contribution in [2.75, 3.05) is 39.4 Å². The molecule has 2 saturated heterocycles. The van der Waals surface area contributed by atoms with Crippen LogP contribution in [0.25, 0.3) is 0 Å². The fraction of sp³-hybridized carbons (Fsp3) is 0.880. The number of amides is 2. The molecule has 32 heavy (non-hydrogen) atoms. The average Bonchev–Trinajstić information content (AvgIpc) is 3.50. The first-order valence-electron chi connectivity index (χ1n) is 12.9. The summed E-state index contributed by atoms with van der Waals surface area (Å²) >= 11 is 0. The topological polar surface area (TPSA) is 85.7 Å². The quantitative estimate of drug-likeness (QED) is 0.653. The van der Waals surface area contributed by atoms with Crippen LogP contribution in [0, 0.1) is 23.2 Å². The third-order valence-corrected chi connectivity index (χ3v) is 8.21. The maximum Gasteiger partial charge on any atom is 0.224 e. The van der Waals surface area contributed by atoms with E-state index in [0.717, 1.165) is 25.8 Å². The number of carbonyl (C=O) groups excluding carboxylic acids is 2. The molecule has 2 aliphatic carbocycles. The van der Waals surface area contributed by atoms with Gasteiger partial charge < -0.3 is 15.0 Å². The third-order valence-electron chi connectivity index (χ3n) is 8.21. The van der Waals surface area contributed by atoms with Gasteiger partial charge in [-0.15, -0.1) is 0 Å². The van der Waals surface area contributed by atoms with Crippen LogP contribution in [0.3, 0.4) is 0 Å². The van der Waals surface area contributed by atoms with E-state index in [2.05, 4.69) is 16.3 Å². The van der Waals surface area contributed by atoms with Crippen molar-refractivity contribution in [2.24, 2.45) is 11.8 Å². The Morgan fingerprint density at radius 3 is 2.41 bits per heavy atom. The van der Waals surface area contributed by atoms with Gasteiger partial charge >= 0.3 is 0 Å². The molecule has 0 bridgehead atoms. The molecule has 7 heteroatoms. The number of rotatable bonds is 7. The lowest BCUT2D eigenvalue weighted by atomic mass is 9.88. The van der Waals surface area contributed by atoms with Gasteiger partial charge in [0.1, 0.15) is 5.54 Å². The third kappa shape index (κ3) is 5.82.